The van der Waals surface area contributed by atoms with E-state index in [4.69, 9.17) is 0 Å². The highest BCUT2D eigenvalue weighted by atomic mass is 32.2. The van der Waals surface area contributed by atoms with Crippen molar-refractivity contribution >= 4 is 27.7 Å². The second-order valence-corrected chi connectivity index (χ2v) is 10.8. The summed E-state index contributed by atoms with van der Waals surface area (Å²) in [5.41, 5.74) is 1.34. The standard InChI is InChI=1S/C25H29N3O5S/c1-3-17(2)22(28-24(30)20-8-4-5-9-21(20)25(28)31)23(29)26-16-18-10-12-19(13-11-18)34(32,33)27-14-6-7-15-27/h4-5,8-13,17,22H,3,6-7,14-16H2,1-2H3,(H,26,29). The van der Waals surface area contributed by atoms with Gasteiger partial charge in [-0.05, 0) is 48.6 Å². The molecule has 2 aromatic carbocycles. The quantitative estimate of drug-likeness (QED) is 0.582. The summed E-state index contributed by atoms with van der Waals surface area (Å²) in [5, 5.41) is 2.83. The minimum Gasteiger partial charge on any atom is -0.350 e. The third kappa shape index (κ3) is 4.37. The van der Waals surface area contributed by atoms with Gasteiger partial charge in [0.1, 0.15) is 6.04 Å². The third-order valence-corrected chi connectivity index (χ3v) is 8.56. The Morgan fingerprint density at radius 1 is 0.971 bits per heavy atom. The number of hydrogen-bond donors (Lipinski definition) is 1. The molecule has 180 valence electrons. The Balaban J connectivity index is 1.47. The molecular formula is C25H29N3O5S. The molecule has 2 aliphatic heterocycles. The van der Waals surface area contributed by atoms with Crippen LogP contribution in [0.5, 0.6) is 0 Å². The van der Waals surface area contributed by atoms with E-state index in [9.17, 15) is 22.8 Å². The summed E-state index contributed by atoms with van der Waals surface area (Å²) in [5.74, 6) is -1.58. The summed E-state index contributed by atoms with van der Waals surface area (Å²) in [6.45, 7) is 4.97. The molecule has 34 heavy (non-hydrogen) atoms. The van der Waals surface area contributed by atoms with E-state index in [2.05, 4.69) is 5.32 Å². The number of benzene rings is 2. The maximum absolute atomic E-state index is 13.2. The van der Waals surface area contributed by atoms with Gasteiger partial charge in [0.2, 0.25) is 15.9 Å². The number of amides is 3. The van der Waals surface area contributed by atoms with Crippen molar-refractivity contribution < 1.29 is 22.8 Å². The zero-order chi connectivity index (χ0) is 24.5. The molecule has 2 unspecified atom stereocenters. The highest BCUT2D eigenvalue weighted by Crippen LogP contribution is 2.28. The van der Waals surface area contributed by atoms with Crippen molar-refractivity contribution in [2.45, 2.75) is 50.6 Å². The zero-order valence-electron chi connectivity index (χ0n) is 19.4. The molecule has 2 atom stereocenters. The molecule has 1 fully saturated rings. The molecule has 2 aromatic rings. The van der Waals surface area contributed by atoms with Crippen molar-refractivity contribution in [3.05, 3.63) is 65.2 Å². The molecule has 0 radical (unpaired) electrons. The van der Waals surface area contributed by atoms with Crippen LogP contribution in [-0.2, 0) is 21.4 Å². The second-order valence-electron chi connectivity index (χ2n) is 8.83. The average Bonchev–Trinajstić information content (AvgIpc) is 3.48. The smallest absolute Gasteiger partial charge is 0.262 e. The van der Waals surface area contributed by atoms with Crippen LogP contribution in [0.4, 0.5) is 0 Å². The first-order valence-electron chi connectivity index (χ1n) is 11.6. The molecule has 2 heterocycles. The van der Waals surface area contributed by atoms with Gasteiger partial charge in [0, 0.05) is 19.6 Å². The van der Waals surface area contributed by atoms with Gasteiger partial charge in [-0.15, -0.1) is 0 Å². The summed E-state index contributed by atoms with van der Waals surface area (Å²) in [7, 11) is -3.50. The number of hydrogen-bond acceptors (Lipinski definition) is 5. The highest BCUT2D eigenvalue weighted by Gasteiger charge is 2.44. The summed E-state index contributed by atoms with van der Waals surface area (Å²) >= 11 is 0. The molecule has 9 heteroatoms. The number of fused-ring (bicyclic) bond motifs is 1. The van der Waals surface area contributed by atoms with Crippen LogP contribution in [0.2, 0.25) is 0 Å². The number of carbonyl (C=O) groups is 3. The van der Waals surface area contributed by atoms with E-state index in [0.717, 1.165) is 23.3 Å². The van der Waals surface area contributed by atoms with Gasteiger partial charge >= 0.3 is 0 Å². The van der Waals surface area contributed by atoms with Crippen molar-refractivity contribution in [3.8, 4) is 0 Å². The van der Waals surface area contributed by atoms with Crippen LogP contribution in [0.25, 0.3) is 0 Å². The fourth-order valence-electron chi connectivity index (χ4n) is 4.46. The molecular weight excluding hydrogens is 454 g/mol. The lowest BCUT2D eigenvalue weighted by atomic mass is 9.96. The summed E-state index contributed by atoms with van der Waals surface area (Å²) in [6.07, 6.45) is 2.34. The molecule has 0 spiro atoms. The minimum absolute atomic E-state index is 0.152. The van der Waals surface area contributed by atoms with E-state index in [1.54, 1.807) is 48.5 Å². The summed E-state index contributed by atoms with van der Waals surface area (Å²) in [4.78, 5) is 40.4. The SMILES string of the molecule is CCC(C)C(C(=O)NCc1ccc(S(=O)(=O)N2CCCC2)cc1)N1C(=O)c2ccccc2C1=O. The number of carbonyl (C=O) groups excluding carboxylic acids is 3. The largest absolute Gasteiger partial charge is 0.350 e. The topological polar surface area (TPSA) is 104 Å². The average molecular weight is 484 g/mol. The predicted octanol–water partition coefficient (Wildman–Crippen LogP) is 2.80. The van der Waals surface area contributed by atoms with Crippen molar-refractivity contribution in [1.29, 1.82) is 0 Å². The monoisotopic (exact) mass is 483 g/mol. The summed E-state index contributed by atoms with van der Waals surface area (Å²) in [6, 6.07) is 12.1. The molecule has 0 aromatic heterocycles. The third-order valence-electron chi connectivity index (χ3n) is 6.65. The van der Waals surface area contributed by atoms with Gasteiger partial charge in [-0.3, -0.25) is 19.3 Å². The molecule has 0 bridgehead atoms. The van der Waals surface area contributed by atoms with E-state index < -0.39 is 33.8 Å². The Morgan fingerprint density at radius 2 is 1.53 bits per heavy atom. The van der Waals surface area contributed by atoms with Gasteiger partial charge in [0.05, 0.1) is 16.0 Å². The normalized spacial score (nSPS) is 18.1. The van der Waals surface area contributed by atoms with Crippen molar-refractivity contribution in [2.75, 3.05) is 13.1 Å². The van der Waals surface area contributed by atoms with Crippen molar-refractivity contribution in [3.63, 3.8) is 0 Å². The number of rotatable bonds is 8. The molecule has 1 saturated heterocycles. The minimum atomic E-state index is -3.50. The van der Waals surface area contributed by atoms with E-state index in [1.807, 2.05) is 13.8 Å². The first-order valence-corrected chi connectivity index (χ1v) is 13.0. The maximum Gasteiger partial charge on any atom is 0.262 e. The molecule has 4 rings (SSSR count). The van der Waals surface area contributed by atoms with Crippen LogP contribution >= 0.6 is 0 Å². The lowest BCUT2D eigenvalue weighted by molar-refractivity contribution is -0.126. The lowest BCUT2D eigenvalue weighted by Crippen LogP contribution is -2.52. The number of nitrogens with one attached hydrogen (secondary N) is 1. The first kappa shape index (κ1) is 24.1. The van der Waals surface area contributed by atoms with Crippen molar-refractivity contribution in [2.24, 2.45) is 5.92 Å². The molecule has 2 aliphatic rings. The van der Waals surface area contributed by atoms with Crippen LogP contribution in [0.1, 0.15) is 59.4 Å². The second kappa shape index (κ2) is 9.68. The molecule has 8 nitrogen and oxygen atoms in total. The summed E-state index contributed by atoms with van der Waals surface area (Å²) < 4.78 is 26.9. The van der Waals surface area contributed by atoms with E-state index in [-0.39, 0.29) is 17.4 Å². The number of imide groups is 1. The van der Waals surface area contributed by atoms with Crippen LogP contribution in [0.15, 0.2) is 53.4 Å². The maximum atomic E-state index is 13.2. The van der Waals surface area contributed by atoms with Gasteiger partial charge < -0.3 is 5.32 Å². The van der Waals surface area contributed by atoms with E-state index in [0.29, 0.717) is 30.6 Å². The Morgan fingerprint density at radius 3 is 2.06 bits per heavy atom. The van der Waals surface area contributed by atoms with E-state index in [1.165, 1.54) is 4.31 Å². The molecule has 3 amide bonds. The molecule has 0 aliphatic carbocycles. The number of nitrogens with zero attached hydrogens (tertiary/aromatic N) is 2. The van der Waals surface area contributed by atoms with Crippen molar-refractivity contribution in [1.82, 2.24) is 14.5 Å². The van der Waals surface area contributed by atoms with Crippen LogP contribution in [-0.4, -0.2) is 54.5 Å². The molecule has 0 saturated carbocycles. The molecule has 1 N–H and O–H groups in total. The zero-order valence-corrected chi connectivity index (χ0v) is 20.2. The van der Waals surface area contributed by atoms with Crippen LogP contribution < -0.4 is 5.32 Å². The van der Waals surface area contributed by atoms with Crippen LogP contribution in [0, 0.1) is 5.92 Å². The van der Waals surface area contributed by atoms with Gasteiger partial charge in [-0.2, -0.15) is 4.31 Å². The van der Waals surface area contributed by atoms with Gasteiger partial charge in [0.15, 0.2) is 0 Å². The fourth-order valence-corrected chi connectivity index (χ4v) is 5.98. The Kier molecular flexibility index (Phi) is 6.86. The fraction of sp³-hybridized carbons (Fsp3) is 0.400. The highest BCUT2D eigenvalue weighted by molar-refractivity contribution is 7.89. The van der Waals surface area contributed by atoms with Gasteiger partial charge in [0.25, 0.3) is 11.8 Å². The predicted molar refractivity (Wildman–Crippen MR) is 126 cm³/mol. The van der Waals surface area contributed by atoms with Gasteiger partial charge in [-0.25, -0.2) is 8.42 Å². The number of sulfonamides is 1. The first-order chi connectivity index (χ1) is 16.3. The van der Waals surface area contributed by atoms with Crippen LogP contribution in [0.3, 0.4) is 0 Å². The van der Waals surface area contributed by atoms with Gasteiger partial charge in [-0.1, -0.05) is 44.5 Å². The Labute approximate surface area is 200 Å². The Hall–Kier alpha value is -3.04. The van der Waals surface area contributed by atoms with E-state index >= 15 is 0 Å². The lowest BCUT2D eigenvalue weighted by Gasteiger charge is -2.29. The Bertz CT molecular complexity index is 1170.